The Hall–Kier alpha value is -1.14. The van der Waals surface area contributed by atoms with Gasteiger partial charge in [0.05, 0.1) is 44.7 Å². The summed E-state index contributed by atoms with van der Waals surface area (Å²) in [7, 11) is 0. The van der Waals surface area contributed by atoms with Gasteiger partial charge in [0, 0.05) is 12.3 Å². The van der Waals surface area contributed by atoms with Crippen LogP contribution in [0.3, 0.4) is 0 Å². The van der Waals surface area contributed by atoms with Gasteiger partial charge in [0.1, 0.15) is 91.6 Å². The largest absolute Gasteiger partial charge is 0.394 e. The van der Waals surface area contributed by atoms with E-state index in [0.717, 1.165) is 51.6 Å². The maximum absolute atomic E-state index is 11.8. The van der Waals surface area contributed by atoms with Crippen LogP contribution in [-0.4, -0.2) is 229 Å². The predicted molar refractivity (Wildman–Crippen MR) is 247 cm³/mol. The molecule has 73 heavy (non-hydrogen) atoms. The highest BCUT2D eigenvalue weighted by Crippen LogP contribution is 2.71. The van der Waals surface area contributed by atoms with Crippen molar-refractivity contribution in [2.75, 3.05) is 26.4 Å². The normalized spacial score (nSPS) is 57.1. The first-order chi connectivity index (χ1) is 34.7. The van der Waals surface area contributed by atoms with Crippen molar-refractivity contribution in [2.45, 2.75) is 233 Å². The Morgan fingerprint density at radius 2 is 1.18 bits per heavy atom. The van der Waals surface area contributed by atoms with E-state index in [1.165, 1.54) is 12.5 Å². The molecule has 6 heterocycles. The molecule has 1 spiro atoms. The first-order valence-corrected chi connectivity index (χ1v) is 26.9. The molecule has 12 N–H and O–H groups in total. The average Bonchev–Trinajstić information content (AvgIpc) is 3.82. The Morgan fingerprint density at radius 1 is 0.575 bits per heavy atom. The quantitative estimate of drug-likeness (QED) is 0.1000. The van der Waals surface area contributed by atoms with Crippen LogP contribution in [0.4, 0.5) is 0 Å². The highest BCUT2D eigenvalue weighted by atomic mass is 16.8. The van der Waals surface area contributed by atoms with Crippen molar-refractivity contribution in [3.8, 4) is 0 Å². The minimum absolute atomic E-state index is 0.114. The van der Waals surface area contributed by atoms with E-state index in [1.54, 1.807) is 0 Å². The molecular formula is C51H82O22. The molecule has 0 bridgehead atoms. The highest BCUT2D eigenvalue weighted by Gasteiger charge is 2.69. The molecule has 0 aromatic carbocycles. The van der Waals surface area contributed by atoms with Crippen molar-refractivity contribution >= 4 is 0 Å². The van der Waals surface area contributed by atoms with Crippen LogP contribution in [0.5, 0.6) is 0 Å². The molecule has 31 unspecified atom stereocenters. The van der Waals surface area contributed by atoms with E-state index in [1.807, 2.05) is 0 Å². The summed E-state index contributed by atoms with van der Waals surface area (Å²) in [5, 5.41) is 129. The first-order valence-electron chi connectivity index (χ1n) is 26.9. The molecule has 0 amide bonds. The third-order valence-corrected chi connectivity index (χ3v) is 19.8. The predicted octanol–water partition coefficient (Wildman–Crippen LogP) is -1.96. The molecule has 0 aromatic rings. The third kappa shape index (κ3) is 9.42. The maximum Gasteiger partial charge on any atom is 0.187 e. The van der Waals surface area contributed by atoms with Crippen LogP contribution >= 0.6 is 0 Å². The van der Waals surface area contributed by atoms with Gasteiger partial charge in [-0.15, -0.1) is 0 Å². The molecule has 10 aliphatic rings. The van der Waals surface area contributed by atoms with Crippen LogP contribution in [0.25, 0.3) is 0 Å². The second kappa shape index (κ2) is 21.2. The van der Waals surface area contributed by atoms with Gasteiger partial charge in [-0.05, 0) is 98.7 Å². The number of hydrogen-bond donors (Lipinski definition) is 12. The van der Waals surface area contributed by atoms with E-state index in [0.29, 0.717) is 48.3 Å². The second-order valence-corrected chi connectivity index (χ2v) is 23.9. The van der Waals surface area contributed by atoms with Crippen LogP contribution in [0, 0.1) is 46.3 Å². The summed E-state index contributed by atoms with van der Waals surface area (Å²) in [6.07, 6.45) is -23.2. The standard InChI is InChI=1S/C51H82O22/c1-20-8-13-51(64-19-20)21(2)32-28(73-51)15-27-25-7-6-23-14-24(9-11-49(23,4)26(25)10-12-50(27,32)5)66-48-44(43(35(57)30(17-53)68-48)71-45-39(61)36(58)33(55)22(3)65-45)72-47-41(63)38(60)42(31(18-54)69-47)70-46-40(62)37(59)34(56)29(16-52)67-46/h6,20-22,24-48,52-63H,7-19H2,1-5H3. The number of aliphatic hydroxyl groups is 12. The molecule has 9 fully saturated rings. The van der Waals surface area contributed by atoms with E-state index in [2.05, 4.69) is 33.8 Å². The Balaban J connectivity index is 0.879. The molecule has 4 aliphatic carbocycles. The molecule has 3 saturated carbocycles. The van der Waals surface area contributed by atoms with Gasteiger partial charge in [0.15, 0.2) is 30.9 Å². The Morgan fingerprint density at radius 3 is 1.85 bits per heavy atom. The summed E-state index contributed by atoms with van der Waals surface area (Å²) in [6.45, 7) is 9.29. The Kier molecular flexibility index (Phi) is 16.0. The van der Waals surface area contributed by atoms with Gasteiger partial charge >= 0.3 is 0 Å². The van der Waals surface area contributed by atoms with Gasteiger partial charge in [0.2, 0.25) is 0 Å². The zero-order valence-corrected chi connectivity index (χ0v) is 42.4. The molecule has 418 valence electrons. The molecule has 0 aromatic heterocycles. The zero-order valence-electron chi connectivity index (χ0n) is 42.4. The third-order valence-electron chi connectivity index (χ3n) is 19.8. The van der Waals surface area contributed by atoms with Crippen molar-refractivity contribution in [3.05, 3.63) is 11.6 Å². The minimum Gasteiger partial charge on any atom is -0.394 e. The number of allylic oxidation sites excluding steroid dienone is 1. The van der Waals surface area contributed by atoms with Gasteiger partial charge in [-0.25, -0.2) is 0 Å². The zero-order chi connectivity index (χ0) is 52.2. The van der Waals surface area contributed by atoms with Gasteiger partial charge in [-0.3, -0.25) is 0 Å². The van der Waals surface area contributed by atoms with E-state index in [-0.39, 0.29) is 16.9 Å². The summed E-state index contributed by atoms with van der Waals surface area (Å²) < 4.78 is 62.2. The monoisotopic (exact) mass is 1050 g/mol. The maximum atomic E-state index is 11.8. The van der Waals surface area contributed by atoms with Crippen molar-refractivity contribution in [1.82, 2.24) is 0 Å². The molecule has 22 heteroatoms. The van der Waals surface area contributed by atoms with Crippen molar-refractivity contribution in [2.24, 2.45) is 46.3 Å². The Labute approximate surface area is 425 Å². The number of fused-ring (bicyclic) bond motifs is 7. The van der Waals surface area contributed by atoms with E-state index in [4.69, 9.17) is 47.4 Å². The number of rotatable bonds is 11. The lowest BCUT2D eigenvalue weighted by atomic mass is 9.47. The fourth-order valence-electron chi connectivity index (χ4n) is 15.5. The lowest BCUT2D eigenvalue weighted by Crippen LogP contribution is -2.68. The van der Waals surface area contributed by atoms with E-state index >= 15 is 0 Å². The lowest BCUT2D eigenvalue weighted by Gasteiger charge is -2.59. The Bertz CT molecular complexity index is 1920. The summed E-state index contributed by atoms with van der Waals surface area (Å²) in [4.78, 5) is 0. The minimum atomic E-state index is -2.02. The van der Waals surface area contributed by atoms with Gasteiger partial charge in [-0.1, -0.05) is 39.3 Å². The van der Waals surface area contributed by atoms with Crippen LogP contribution in [0.1, 0.15) is 92.4 Å². The summed E-state index contributed by atoms with van der Waals surface area (Å²) >= 11 is 0. The number of ether oxygens (including phenoxy) is 10. The molecule has 6 saturated heterocycles. The van der Waals surface area contributed by atoms with E-state index < -0.39 is 155 Å². The number of hydrogen-bond acceptors (Lipinski definition) is 22. The van der Waals surface area contributed by atoms with Gasteiger partial charge in [-0.2, -0.15) is 0 Å². The molecule has 0 radical (unpaired) electrons. The molecule has 22 nitrogen and oxygen atoms in total. The second-order valence-electron chi connectivity index (χ2n) is 23.9. The smallest absolute Gasteiger partial charge is 0.187 e. The molecule has 6 aliphatic heterocycles. The summed E-state index contributed by atoms with van der Waals surface area (Å²) in [5.41, 5.74) is 1.29. The van der Waals surface area contributed by atoms with Crippen molar-refractivity contribution in [3.63, 3.8) is 0 Å². The van der Waals surface area contributed by atoms with Crippen molar-refractivity contribution in [1.29, 1.82) is 0 Å². The van der Waals surface area contributed by atoms with Crippen LogP contribution in [-0.2, 0) is 47.4 Å². The topological polar surface area (TPSA) is 335 Å². The average molecular weight is 1050 g/mol. The van der Waals surface area contributed by atoms with Crippen LogP contribution < -0.4 is 0 Å². The number of aliphatic hydroxyl groups excluding tert-OH is 12. The molecule has 31 atom stereocenters. The fraction of sp³-hybridized carbons (Fsp3) is 0.961. The van der Waals surface area contributed by atoms with Crippen molar-refractivity contribution < 1.29 is 109 Å². The van der Waals surface area contributed by atoms with E-state index in [9.17, 15) is 61.3 Å². The molecule has 10 rings (SSSR count). The first kappa shape index (κ1) is 55.2. The van der Waals surface area contributed by atoms with Crippen LogP contribution in [0.15, 0.2) is 11.6 Å². The molecular weight excluding hydrogens is 965 g/mol. The fourth-order valence-corrected chi connectivity index (χ4v) is 15.5. The van der Waals surface area contributed by atoms with Gasteiger partial charge in [0.25, 0.3) is 0 Å². The summed E-state index contributed by atoms with van der Waals surface area (Å²) in [6, 6.07) is 0. The summed E-state index contributed by atoms with van der Waals surface area (Å²) in [5.74, 6) is 2.24. The van der Waals surface area contributed by atoms with Gasteiger partial charge < -0.3 is 109 Å². The van der Waals surface area contributed by atoms with Crippen LogP contribution in [0.2, 0.25) is 0 Å². The SMILES string of the molecule is CC1CCC2(OC1)OC1CC3C4CC=C5CC(OC6OC(CO)C(O)C(OC7OC(C)C(O)C(O)C7O)C6OC6OC(CO)C(OC7OC(CO)C(O)C(O)C7O)C(O)C6O)CCC5(C)C4CCC3(C)C1C2C. The lowest BCUT2D eigenvalue weighted by molar-refractivity contribution is -0.401. The highest BCUT2D eigenvalue weighted by molar-refractivity contribution is 5.26.